The molecule has 3 rings (SSSR count). The van der Waals surface area contributed by atoms with Crippen LogP contribution in [0.15, 0.2) is 48.5 Å². The molecule has 43 heavy (non-hydrogen) atoms. The van der Waals surface area contributed by atoms with Crippen LogP contribution in [0.1, 0.15) is 56.0 Å². The van der Waals surface area contributed by atoms with Crippen LogP contribution in [0.25, 0.3) is 0 Å². The van der Waals surface area contributed by atoms with Crippen molar-refractivity contribution in [1.82, 2.24) is 15.1 Å². The van der Waals surface area contributed by atoms with Crippen molar-refractivity contribution < 1.29 is 28.5 Å². The van der Waals surface area contributed by atoms with E-state index < -0.39 is 0 Å². The first-order valence-electron chi connectivity index (χ1n) is 15.2. The molecule has 9 nitrogen and oxygen atoms in total. The van der Waals surface area contributed by atoms with Gasteiger partial charge in [0.2, 0.25) is 0 Å². The summed E-state index contributed by atoms with van der Waals surface area (Å²) in [6.07, 6.45) is 2.87. The van der Waals surface area contributed by atoms with Crippen LogP contribution >= 0.6 is 12.4 Å². The number of nitrogens with zero attached hydrogens (tertiary/aromatic N) is 2. The highest BCUT2D eigenvalue weighted by Gasteiger charge is 2.33. The predicted octanol–water partition coefficient (Wildman–Crippen LogP) is 5.45. The second-order valence-corrected chi connectivity index (χ2v) is 11.1. The Kier molecular flexibility index (Phi) is 16.2. The Labute approximate surface area is 263 Å². The van der Waals surface area contributed by atoms with E-state index in [1.54, 1.807) is 37.3 Å². The molecule has 2 atom stereocenters. The van der Waals surface area contributed by atoms with E-state index in [-0.39, 0.29) is 42.4 Å². The Balaban J connectivity index is 0.00000645. The zero-order chi connectivity index (χ0) is 30.3. The molecular formula is C33H50ClN3O6. The van der Waals surface area contributed by atoms with Gasteiger partial charge in [0.1, 0.15) is 0 Å². The summed E-state index contributed by atoms with van der Waals surface area (Å²) in [5.41, 5.74) is 1.75. The second kappa shape index (κ2) is 19.3. The van der Waals surface area contributed by atoms with E-state index in [4.69, 9.17) is 18.9 Å². The highest BCUT2D eigenvalue weighted by molar-refractivity contribution is 5.95. The number of rotatable bonds is 16. The number of hydrogen-bond donors (Lipinski definition) is 1. The van der Waals surface area contributed by atoms with Crippen molar-refractivity contribution in [1.29, 1.82) is 0 Å². The van der Waals surface area contributed by atoms with Crippen molar-refractivity contribution in [2.45, 2.75) is 58.5 Å². The zero-order valence-electron chi connectivity index (χ0n) is 26.4. The van der Waals surface area contributed by atoms with E-state index in [9.17, 15) is 9.59 Å². The van der Waals surface area contributed by atoms with E-state index in [0.717, 1.165) is 32.2 Å². The van der Waals surface area contributed by atoms with Gasteiger partial charge in [-0.1, -0.05) is 37.3 Å². The molecule has 2 aromatic rings. The molecule has 2 amide bonds. The third-order valence-electron chi connectivity index (χ3n) is 7.47. The van der Waals surface area contributed by atoms with Crippen molar-refractivity contribution in [2.75, 3.05) is 60.2 Å². The fraction of sp³-hybridized carbons (Fsp3) is 0.576. The molecule has 240 valence electrons. The van der Waals surface area contributed by atoms with Gasteiger partial charge in [0.25, 0.3) is 5.91 Å². The quantitative estimate of drug-likeness (QED) is 0.250. The van der Waals surface area contributed by atoms with Gasteiger partial charge in [-0.3, -0.25) is 4.79 Å². The van der Waals surface area contributed by atoms with Crippen molar-refractivity contribution in [2.24, 2.45) is 5.92 Å². The fourth-order valence-corrected chi connectivity index (χ4v) is 5.38. The van der Waals surface area contributed by atoms with E-state index in [2.05, 4.69) is 24.4 Å². The molecule has 1 saturated heterocycles. The topological polar surface area (TPSA) is 89.6 Å². The molecule has 1 aliphatic rings. The summed E-state index contributed by atoms with van der Waals surface area (Å²) >= 11 is 0. The maximum atomic E-state index is 13.8. The van der Waals surface area contributed by atoms with Gasteiger partial charge in [0.05, 0.1) is 20.3 Å². The zero-order valence-corrected chi connectivity index (χ0v) is 27.2. The lowest BCUT2D eigenvalue weighted by atomic mass is 9.94. The van der Waals surface area contributed by atoms with Crippen LogP contribution in [0.4, 0.5) is 4.79 Å². The molecule has 0 aromatic heterocycles. The minimum atomic E-state index is -0.275. The highest BCUT2D eigenvalue weighted by atomic mass is 35.5. The number of halogens is 1. The average molecular weight is 620 g/mol. The van der Waals surface area contributed by atoms with Gasteiger partial charge < -0.3 is 34.1 Å². The molecule has 0 aliphatic carbocycles. The maximum absolute atomic E-state index is 13.8. The molecule has 0 unspecified atom stereocenters. The number of hydrogen-bond acceptors (Lipinski definition) is 7. The number of benzene rings is 2. The van der Waals surface area contributed by atoms with Crippen LogP contribution in [0, 0.1) is 5.92 Å². The number of nitrogens with one attached hydrogen (secondary N) is 1. The Hall–Kier alpha value is -3.01. The van der Waals surface area contributed by atoms with E-state index in [0.29, 0.717) is 56.5 Å². The van der Waals surface area contributed by atoms with Gasteiger partial charge in [0.15, 0.2) is 11.5 Å². The largest absolute Gasteiger partial charge is 0.493 e. The molecule has 2 aromatic carbocycles. The molecule has 0 spiro atoms. The van der Waals surface area contributed by atoms with Gasteiger partial charge >= 0.3 is 6.09 Å². The molecule has 1 aliphatic heterocycles. The average Bonchev–Trinajstić information content (AvgIpc) is 3.00. The summed E-state index contributed by atoms with van der Waals surface area (Å²) in [6.45, 7) is 10.2. The smallest absolute Gasteiger partial charge is 0.409 e. The third-order valence-corrected chi connectivity index (χ3v) is 7.47. The molecule has 1 heterocycles. The first-order chi connectivity index (χ1) is 20.4. The minimum absolute atomic E-state index is 0. The summed E-state index contributed by atoms with van der Waals surface area (Å²) in [4.78, 5) is 30.6. The van der Waals surface area contributed by atoms with Gasteiger partial charge in [-0.05, 0) is 56.9 Å². The van der Waals surface area contributed by atoms with Gasteiger partial charge in [0, 0.05) is 69.9 Å². The summed E-state index contributed by atoms with van der Waals surface area (Å²) in [6, 6.07) is 15.4. The molecule has 1 fully saturated rings. The Bertz CT molecular complexity index is 1100. The number of carbonyl (C=O) groups is 2. The Morgan fingerprint density at radius 3 is 2.44 bits per heavy atom. The molecule has 10 heteroatoms. The lowest BCUT2D eigenvalue weighted by molar-refractivity contribution is 0.0439. The summed E-state index contributed by atoms with van der Waals surface area (Å²) in [5, 5.41) is 3.47. The Morgan fingerprint density at radius 1 is 1.00 bits per heavy atom. The van der Waals surface area contributed by atoms with Crippen LogP contribution in [-0.2, 0) is 15.9 Å². The van der Waals surface area contributed by atoms with Crippen LogP contribution < -0.4 is 14.8 Å². The second-order valence-electron chi connectivity index (χ2n) is 11.1. The van der Waals surface area contributed by atoms with E-state index in [1.165, 1.54) is 5.56 Å². The Morgan fingerprint density at radius 2 is 1.77 bits per heavy atom. The van der Waals surface area contributed by atoms with Crippen molar-refractivity contribution in [3.8, 4) is 11.5 Å². The molecule has 0 bridgehead atoms. The highest BCUT2D eigenvalue weighted by Crippen LogP contribution is 2.30. The van der Waals surface area contributed by atoms with Crippen molar-refractivity contribution in [3.63, 3.8) is 0 Å². The number of ether oxygens (including phenoxy) is 4. The number of methoxy groups -OCH3 is 2. The first-order valence-corrected chi connectivity index (χ1v) is 15.2. The number of carbonyl (C=O) groups excluding carboxylic acids is 2. The fourth-order valence-electron chi connectivity index (χ4n) is 5.38. The SMILES string of the molecule is CCCN(CCc1ccccc1)C(=O)OC[C@@H]1CNC[C@H](N(C(=O)c2ccc(OC)c(OCCCOC)c2)C(C)C)C1.Cl. The van der Waals surface area contributed by atoms with Gasteiger partial charge in [-0.15, -0.1) is 12.4 Å². The lowest BCUT2D eigenvalue weighted by Crippen LogP contribution is -2.54. The normalized spacial score (nSPS) is 16.2. The van der Waals surface area contributed by atoms with Crippen molar-refractivity contribution in [3.05, 3.63) is 59.7 Å². The maximum Gasteiger partial charge on any atom is 0.409 e. The molecular weight excluding hydrogens is 570 g/mol. The predicted molar refractivity (Wildman–Crippen MR) is 172 cm³/mol. The van der Waals surface area contributed by atoms with E-state index >= 15 is 0 Å². The molecule has 0 radical (unpaired) electrons. The number of piperidine rings is 1. The first kappa shape index (κ1) is 36.2. The summed E-state index contributed by atoms with van der Waals surface area (Å²) < 4.78 is 22.3. The standard InChI is InChI=1S/C33H49N3O6.ClH/c1-6-16-35(17-15-26-11-8-7-9-12-26)33(38)42-24-27-20-29(23-34-22-27)36(25(2)3)32(37)28-13-14-30(40-5)31(21-28)41-19-10-18-39-4;/h7-9,11-14,21,25,27,29,34H,6,10,15-20,22-24H2,1-5H3;1H/t27-,29+;/m0./s1. The molecule has 0 saturated carbocycles. The van der Waals surface area contributed by atoms with Crippen LogP contribution in [0.3, 0.4) is 0 Å². The lowest BCUT2D eigenvalue weighted by Gasteiger charge is -2.40. The van der Waals surface area contributed by atoms with Crippen LogP contribution in [0.2, 0.25) is 0 Å². The monoisotopic (exact) mass is 619 g/mol. The number of amides is 2. The summed E-state index contributed by atoms with van der Waals surface area (Å²) in [7, 11) is 3.24. The van der Waals surface area contributed by atoms with Crippen LogP contribution in [0.5, 0.6) is 11.5 Å². The third kappa shape index (κ3) is 11.2. The van der Waals surface area contributed by atoms with Gasteiger partial charge in [-0.25, -0.2) is 4.79 Å². The van der Waals surface area contributed by atoms with Gasteiger partial charge in [-0.2, -0.15) is 0 Å². The van der Waals surface area contributed by atoms with Crippen LogP contribution in [-0.4, -0.2) is 94.1 Å². The molecule has 1 N–H and O–H groups in total. The minimum Gasteiger partial charge on any atom is -0.493 e. The summed E-state index contributed by atoms with van der Waals surface area (Å²) in [5.74, 6) is 1.17. The van der Waals surface area contributed by atoms with E-state index in [1.807, 2.05) is 36.9 Å². The van der Waals surface area contributed by atoms with Crippen molar-refractivity contribution >= 4 is 24.4 Å².